The summed E-state index contributed by atoms with van der Waals surface area (Å²) in [4.78, 5) is 14.2. The Balaban J connectivity index is 1.98. The lowest BCUT2D eigenvalue weighted by atomic mass is 9.91. The minimum absolute atomic E-state index is 0.284. The van der Waals surface area contributed by atoms with Gasteiger partial charge in [-0.2, -0.15) is 0 Å². The van der Waals surface area contributed by atoms with Crippen LogP contribution in [-0.2, 0) is 4.79 Å². The Hall–Kier alpha value is -1.57. The number of fused-ring (bicyclic) bond motifs is 1. The number of carbonyl (C=O) groups excluding carboxylic acids is 1. The van der Waals surface area contributed by atoms with Crippen molar-refractivity contribution in [2.75, 3.05) is 6.54 Å². The molecule has 17 heavy (non-hydrogen) atoms. The van der Waals surface area contributed by atoms with Crippen LogP contribution >= 0.6 is 0 Å². The van der Waals surface area contributed by atoms with Crippen LogP contribution in [0, 0.1) is 0 Å². The third-order valence-electron chi connectivity index (χ3n) is 3.74. The van der Waals surface area contributed by atoms with E-state index in [9.17, 15) is 4.79 Å². The average molecular weight is 227 g/mol. The van der Waals surface area contributed by atoms with Gasteiger partial charge in [0.1, 0.15) is 0 Å². The molecular weight excluding hydrogens is 210 g/mol. The average Bonchev–Trinajstić information content (AvgIpc) is 2.39. The van der Waals surface area contributed by atoms with Gasteiger partial charge in [0.25, 0.3) is 0 Å². The van der Waals surface area contributed by atoms with Crippen molar-refractivity contribution in [3.05, 3.63) is 42.0 Å². The zero-order chi connectivity index (χ0) is 11.7. The first-order valence-electron chi connectivity index (χ1n) is 6.41. The summed E-state index contributed by atoms with van der Waals surface area (Å²) in [5, 5.41) is 0. The predicted octanol–water partition coefficient (Wildman–Crippen LogP) is 2.85. The second-order valence-corrected chi connectivity index (χ2v) is 4.91. The maximum Gasteiger partial charge on any atom is 0.159 e. The molecule has 2 heterocycles. The van der Waals surface area contributed by atoms with Crippen molar-refractivity contribution in [3.8, 4) is 0 Å². The van der Waals surface area contributed by atoms with E-state index in [2.05, 4.69) is 17.0 Å². The largest absolute Gasteiger partial charge is 0.368 e. The van der Waals surface area contributed by atoms with E-state index >= 15 is 0 Å². The van der Waals surface area contributed by atoms with Crippen molar-refractivity contribution < 1.29 is 4.79 Å². The maximum absolute atomic E-state index is 11.8. The van der Waals surface area contributed by atoms with Gasteiger partial charge < -0.3 is 4.90 Å². The summed E-state index contributed by atoms with van der Waals surface area (Å²) in [6.07, 6.45) is 6.20. The van der Waals surface area contributed by atoms with Gasteiger partial charge in [-0.05, 0) is 24.8 Å². The van der Waals surface area contributed by atoms with Crippen molar-refractivity contribution in [2.24, 2.45) is 0 Å². The second kappa shape index (κ2) is 4.36. The monoisotopic (exact) mass is 227 g/mol. The molecule has 3 rings (SSSR count). The molecule has 2 heteroatoms. The summed E-state index contributed by atoms with van der Waals surface area (Å²) in [7, 11) is 0. The van der Waals surface area contributed by atoms with E-state index in [1.54, 1.807) is 0 Å². The normalized spacial score (nSPS) is 24.2. The van der Waals surface area contributed by atoms with E-state index in [0.717, 1.165) is 18.7 Å². The topological polar surface area (TPSA) is 20.3 Å². The number of allylic oxidation sites excluding steroid dienone is 1. The van der Waals surface area contributed by atoms with Gasteiger partial charge in [-0.15, -0.1) is 0 Å². The van der Waals surface area contributed by atoms with Crippen LogP contribution in [-0.4, -0.2) is 23.3 Å². The molecule has 2 aliphatic heterocycles. The molecule has 88 valence electrons. The molecule has 0 N–H and O–H groups in total. The van der Waals surface area contributed by atoms with Crippen LogP contribution in [0.5, 0.6) is 0 Å². The highest BCUT2D eigenvalue weighted by molar-refractivity contribution is 5.98. The van der Waals surface area contributed by atoms with Crippen LogP contribution in [0.3, 0.4) is 0 Å². The third kappa shape index (κ3) is 1.99. The molecule has 1 fully saturated rings. The summed E-state index contributed by atoms with van der Waals surface area (Å²) >= 11 is 0. The highest BCUT2D eigenvalue weighted by Crippen LogP contribution is 2.32. The SMILES string of the molecule is O=C1C=C(c2ccccc2)N2CCCCC2C1. The fourth-order valence-electron chi connectivity index (χ4n) is 2.91. The molecule has 1 atom stereocenters. The molecular formula is C15H17NO. The zero-order valence-electron chi connectivity index (χ0n) is 9.93. The number of nitrogens with zero attached hydrogens (tertiary/aromatic N) is 1. The van der Waals surface area contributed by atoms with E-state index in [1.807, 2.05) is 24.3 Å². The van der Waals surface area contributed by atoms with E-state index in [-0.39, 0.29) is 5.78 Å². The summed E-state index contributed by atoms with van der Waals surface area (Å²) in [5.74, 6) is 0.284. The van der Waals surface area contributed by atoms with Gasteiger partial charge in [-0.3, -0.25) is 4.79 Å². The summed E-state index contributed by atoms with van der Waals surface area (Å²) in [6.45, 7) is 1.10. The van der Waals surface area contributed by atoms with E-state index in [1.165, 1.54) is 18.4 Å². The fraction of sp³-hybridized carbons (Fsp3) is 0.400. The summed E-state index contributed by atoms with van der Waals surface area (Å²) in [6, 6.07) is 10.7. The highest BCUT2D eigenvalue weighted by Gasteiger charge is 2.30. The quantitative estimate of drug-likeness (QED) is 0.735. The Bertz CT molecular complexity index is 449. The van der Waals surface area contributed by atoms with Crippen molar-refractivity contribution in [1.82, 2.24) is 4.90 Å². The van der Waals surface area contributed by atoms with Gasteiger partial charge in [-0.1, -0.05) is 30.3 Å². The molecule has 2 nitrogen and oxygen atoms in total. The van der Waals surface area contributed by atoms with Crippen LogP contribution < -0.4 is 0 Å². The van der Waals surface area contributed by atoms with Crippen LogP contribution in [0.15, 0.2) is 36.4 Å². The molecule has 1 unspecified atom stereocenters. The minimum atomic E-state index is 0.284. The Morgan fingerprint density at radius 1 is 1.12 bits per heavy atom. The van der Waals surface area contributed by atoms with Crippen LogP contribution in [0.1, 0.15) is 31.2 Å². The van der Waals surface area contributed by atoms with E-state index in [4.69, 9.17) is 0 Å². The molecule has 0 aromatic heterocycles. The first kappa shape index (κ1) is 10.6. The standard InChI is InChI=1S/C15H17NO/c17-14-10-13-8-4-5-9-16(13)15(11-14)12-6-2-1-3-7-12/h1-3,6-7,11,13H,4-5,8-10H2. The van der Waals surface area contributed by atoms with Gasteiger partial charge in [0.2, 0.25) is 0 Å². The Labute approximate surface area is 102 Å². The third-order valence-corrected chi connectivity index (χ3v) is 3.74. The lowest BCUT2D eigenvalue weighted by Crippen LogP contribution is -2.42. The zero-order valence-corrected chi connectivity index (χ0v) is 9.93. The number of hydrogen-bond donors (Lipinski definition) is 0. The number of benzene rings is 1. The molecule has 0 aliphatic carbocycles. The number of carbonyl (C=O) groups is 1. The van der Waals surface area contributed by atoms with Crippen molar-refractivity contribution >= 4 is 11.5 Å². The minimum Gasteiger partial charge on any atom is -0.368 e. The van der Waals surface area contributed by atoms with E-state index < -0.39 is 0 Å². The Morgan fingerprint density at radius 3 is 2.76 bits per heavy atom. The second-order valence-electron chi connectivity index (χ2n) is 4.91. The summed E-state index contributed by atoms with van der Waals surface area (Å²) < 4.78 is 0. The lowest BCUT2D eigenvalue weighted by molar-refractivity contribution is -0.116. The summed E-state index contributed by atoms with van der Waals surface area (Å²) in [5.41, 5.74) is 2.30. The van der Waals surface area contributed by atoms with Gasteiger partial charge in [-0.25, -0.2) is 0 Å². The molecule has 0 spiro atoms. The van der Waals surface area contributed by atoms with Crippen molar-refractivity contribution in [1.29, 1.82) is 0 Å². The van der Waals surface area contributed by atoms with Crippen molar-refractivity contribution in [3.63, 3.8) is 0 Å². The molecule has 2 aliphatic rings. The number of ketones is 1. The van der Waals surface area contributed by atoms with Gasteiger partial charge in [0.15, 0.2) is 5.78 Å². The molecule has 1 saturated heterocycles. The number of piperidine rings is 1. The predicted molar refractivity (Wildman–Crippen MR) is 68.4 cm³/mol. The molecule has 0 saturated carbocycles. The van der Waals surface area contributed by atoms with Gasteiger partial charge in [0, 0.05) is 30.8 Å². The molecule has 1 aromatic rings. The van der Waals surface area contributed by atoms with Crippen molar-refractivity contribution in [2.45, 2.75) is 31.7 Å². The van der Waals surface area contributed by atoms with Crippen LogP contribution in [0.25, 0.3) is 5.70 Å². The fourth-order valence-corrected chi connectivity index (χ4v) is 2.91. The number of hydrogen-bond acceptors (Lipinski definition) is 2. The van der Waals surface area contributed by atoms with E-state index in [0.29, 0.717) is 12.5 Å². The lowest BCUT2D eigenvalue weighted by Gasteiger charge is -2.41. The smallest absolute Gasteiger partial charge is 0.159 e. The number of rotatable bonds is 1. The Morgan fingerprint density at radius 2 is 1.94 bits per heavy atom. The molecule has 1 aromatic carbocycles. The first-order chi connectivity index (χ1) is 8.34. The van der Waals surface area contributed by atoms with Gasteiger partial charge in [0.05, 0.1) is 0 Å². The molecule has 0 bridgehead atoms. The Kier molecular flexibility index (Phi) is 2.71. The van der Waals surface area contributed by atoms with Crippen LogP contribution in [0.2, 0.25) is 0 Å². The van der Waals surface area contributed by atoms with Crippen LogP contribution in [0.4, 0.5) is 0 Å². The highest BCUT2D eigenvalue weighted by atomic mass is 16.1. The van der Waals surface area contributed by atoms with Gasteiger partial charge >= 0.3 is 0 Å². The first-order valence-corrected chi connectivity index (χ1v) is 6.41. The molecule has 0 radical (unpaired) electrons. The molecule has 0 amide bonds. The maximum atomic E-state index is 11.8.